The molecule has 2 aliphatic rings. The van der Waals surface area contributed by atoms with Crippen molar-refractivity contribution < 1.29 is 9.90 Å². The molecule has 31 heavy (non-hydrogen) atoms. The zero-order valence-electron chi connectivity index (χ0n) is 18.1. The standard InChI is InChI=1S/C24H30N4O3/c1-3-6-17-8-9-20-21-18(14-27(20)24(17)31)19(15-29)22(23(30)26-10-4-2)28(21)13-16-7-5-11-25-12-16/h3,5-9,11-12,18-19,21-22,29H,4,10,13-15H2,1-2H3,(H,26,30)/b6-3+/t18-,19-,21+,22-/m0/s1. The third kappa shape index (κ3) is 3.83. The third-order valence-corrected chi connectivity index (χ3v) is 6.47. The molecular weight excluding hydrogens is 392 g/mol. The molecule has 0 bridgehead atoms. The van der Waals surface area contributed by atoms with Crippen LogP contribution in [0.4, 0.5) is 0 Å². The molecule has 4 rings (SSSR count). The molecule has 7 heteroatoms. The number of amides is 1. The fourth-order valence-corrected chi connectivity index (χ4v) is 5.16. The van der Waals surface area contributed by atoms with E-state index in [1.165, 1.54) is 0 Å². The third-order valence-electron chi connectivity index (χ3n) is 6.47. The van der Waals surface area contributed by atoms with Gasteiger partial charge >= 0.3 is 0 Å². The summed E-state index contributed by atoms with van der Waals surface area (Å²) in [6.07, 6.45) is 8.06. The van der Waals surface area contributed by atoms with E-state index in [0.29, 0.717) is 25.2 Å². The smallest absolute Gasteiger partial charge is 0.258 e. The number of pyridine rings is 2. The highest BCUT2D eigenvalue weighted by Crippen LogP contribution is 2.49. The van der Waals surface area contributed by atoms with Crippen LogP contribution < -0.4 is 10.9 Å². The van der Waals surface area contributed by atoms with Crippen LogP contribution in [0.15, 0.2) is 47.5 Å². The molecule has 0 aliphatic carbocycles. The maximum absolute atomic E-state index is 13.2. The number of likely N-dealkylation sites (tertiary alicyclic amines) is 1. The van der Waals surface area contributed by atoms with Crippen molar-refractivity contribution in [2.75, 3.05) is 13.2 Å². The Morgan fingerprint density at radius 2 is 2.19 bits per heavy atom. The topological polar surface area (TPSA) is 87.5 Å². The monoisotopic (exact) mass is 422 g/mol. The Balaban J connectivity index is 1.77. The molecule has 0 spiro atoms. The van der Waals surface area contributed by atoms with Crippen LogP contribution in [0.3, 0.4) is 0 Å². The van der Waals surface area contributed by atoms with Gasteiger partial charge in [0.1, 0.15) is 0 Å². The fourth-order valence-electron chi connectivity index (χ4n) is 5.16. The Labute approximate surface area is 182 Å². The Morgan fingerprint density at radius 3 is 2.87 bits per heavy atom. The van der Waals surface area contributed by atoms with E-state index >= 15 is 0 Å². The van der Waals surface area contributed by atoms with Gasteiger partial charge in [-0.15, -0.1) is 0 Å². The van der Waals surface area contributed by atoms with E-state index in [0.717, 1.165) is 17.7 Å². The molecule has 164 valence electrons. The van der Waals surface area contributed by atoms with E-state index in [-0.39, 0.29) is 36.0 Å². The van der Waals surface area contributed by atoms with Crippen LogP contribution in [0.25, 0.3) is 6.08 Å². The minimum absolute atomic E-state index is 0.00685. The van der Waals surface area contributed by atoms with Gasteiger partial charge in [0.05, 0.1) is 12.1 Å². The van der Waals surface area contributed by atoms with Gasteiger partial charge < -0.3 is 15.0 Å². The molecule has 0 saturated carbocycles. The number of fused-ring (bicyclic) bond motifs is 3. The summed E-state index contributed by atoms with van der Waals surface area (Å²) in [7, 11) is 0. The second-order valence-corrected chi connectivity index (χ2v) is 8.35. The SMILES string of the molecule is C/C=C/c1ccc2n(c1=O)C[C@H]1[C@H](CO)[C@@H](C(=O)NCCC)N(Cc3cccnc3)[C@@H]21. The number of carbonyl (C=O) groups is 1. The lowest BCUT2D eigenvalue weighted by Crippen LogP contribution is -2.48. The normalized spacial score (nSPS) is 25.0. The van der Waals surface area contributed by atoms with Gasteiger partial charge in [-0.3, -0.25) is 19.5 Å². The molecule has 4 atom stereocenters. The van der Waals surface area contributed by atoms with Crippen LogP contribution in [-0.2, 0) is 17.9 Å². The van der Waals surface area contributed by atoms with Crippen LogP contribution in [-0.4, -0.2) is 44.7 Å². The molecule has 4 heterocycles. The Hall–Kier alpha value is -2.77. The first-order chi connectivity index (χ1) is 15.1. The first-order valence-corrected chi connectivity index (χ1v) is 11.0. The zero-order chi connectivity index (χ0) is 22.0. The average Bonchev–Trinajstić information content (AvgIpc) is 3.30. The number of aromatic nitrogens is 2. The van der Waals surface area contributed by atoms with Crippen LogP contribution in [0, 0.1) is 11.8 Å². The number of nitrogens with one attached hydrogen (secondary N) is 1. The van der Waals surface area contributed by atoms with E-state index in [1.807, 2.05) is 54.8 Å². The van der Waals surface area contributed by atoms with Gasteiger partial charge in [-0.1, -0.05) is 25.1 Å². The Kier molecular flexibility index (Phi) is 6.34. The molecule has 0 radical (unpaired) electrons. The van der Waals surface area contributed by atoms with Crippen molar-refractivity contribution in [3.05, 3.63) is 69.9 Å². The molecule has 1 fully saturated rings. The summed E-state index contributed by atoms with van der Waals surface area (Å²) in [5.74, 6) is -0.311. The van der Waals surface area contributed by atoms with Crippen molar-refractivity contribution in [2.24, 2.45) is 11.8 Å². The number of rotatable bonds is 7. The fraction of sp³-hybridized carbons (Fsp3) is 0.458. The molecule has 0 unspecified atom stereocenters. The van der Waals surface area contributed by atoms with Crippen LogP contribution in [0.5, 0.6) is 0 Å². The van der Waals surface area contributed by atoms with Crippen LogP contribution >= 0.6 is 0 Å². The molecule has 0 aromatic carbocycles. The van der Waals surface area contributed by atoms with E-state index < -0.39 is 6.04 Å². The Bertz CT molecular complexity index is 1020. The van der Waals surface area contributed by atoms with Gasteiger partial charge in [0.15, 0.2) is 0 Å². The van der Waals surface area contributed by atoms with Crippen molar-refractivity contribution >= 4 is 12.0 Å². The van der Waals surface area contributed by atoms with Crippen LogP contribution in [0.2, 0.25) is 0 Å². The highest BCUT2D eigenvalue weighted by Gasteiger charge is 2.55. The van der Waals surface area contributed by atoms with E-state index in [1.54, 1.807) is 12.4 Å². The Morgan fingerprint density at radius 1 is 1.35 bits per heavy atom. The minimum Gasteiger partial charge on any atom is -0.396 e. The summed E-state index contributed by atoms with van der Waals surface area (Å²) < 4.78 is 1.82. The first-order valence-electron chi connectivity index (χ1n) is 11.0. The molecule has 2 N–H and O–H groups in total. The van der Waals surface area contributed by atoms with Gasteiger partial charge in [0.25, 0.3) is 5.56 Å². The van der Waals surface area contributed by atoms with Crippen molar-refractivity contribution in [1.82, 2.24) is 19.8 Å². The van der Waals surface area contributed by atoms with Crippen molar-refractivity contribution in [1.29, 1.82) is 0 Å². The number of hydrogen-bond donors (Lipinski definition) is 2. The van der Waals surface area contributed by atoms with Gasteiger partial charge in [0, 0.05) is 61.7 Å². The van der Waals surface area contributed by atoms with E-state index in [4.69, 9.17) is 0 Å². The maximum Gasteiger partial charge on any atom is 0.258 e. The number of allylic oxidation sites excluding steroid dienone is 1. The second kappa shape index (κ2) is 9.16. The lowest BCUT2D eigenvalue weighted by molar-refractivity contribution is -0.128. The molecular formula is C24H30N4O3. The highest BCUT2D eigenvalue weighted by molar-refractivity contribution is 5.82. The predicted octanol–water partition coefficient (Wildman–Crippen LogP) is 1.97. The molecule has 7 nitrogen and oxygen atoms in total. The summed E-state index contributed by atoms with van der Waals surface area (Å²) in [5.41, 5.74) is 2.55. The molecule has 2 aromatic heterocycles. The van der Waals surface area contributed by atoms with Gasteiger partial charge in [-0.25, -0.2) is 0 Å². The van der Waals surface area contributed by atoms with Gasteiger partial charge in [-0.2, -0.15) is 0 Å². The maximum atomic E-state index is 13.2. The van der Waals surface area contributed by atoms with Crippen molar-refractivity contribution in [3.63, 3.8) is 0 Å². The second-order valence-electron chi connectivity index (χ2n) is 8.35. The van der Waals surface area contributed by atoms with E-state index in [2.05, 4.69) is 15.2 Å². The molecule has 2 aromatic rings. The largest absolute Gasteiger partial charge is 0.396 e. The number of nitrogens with zero attached hydrogens (tertiary/aromatic N) is 3. The number of aliphatic hydroxyl groups is 1. The number of hydrogen-bond acceptors (Lipinski definition) is 5. The number of aliphatic hydroxyl groups excluding tert-OH is 1. The van der Waals surface area contributed by atoms with Crippen molar-refractivity contribution in [2.45, 2.75) is 45.4 Å². The lowest BCUT2D eigenvalue weighted by atomic mass is 9.88. The average molecular weight is 423 g/mol. The van der Waals surface area contributed by atoms with Crippen molar-refractivity contribution in [3.8, 4) is 0 Å². The summed E-state index contributed by atoms with van der Waals surface area (Å²) in [4.78, 5) is 32.6. The van der Waals surface area contributed by atoms with Crippen LogP contribution in [0.1, 0.15) is 43.1 Å². The van der Waals surface area contributed by atoms with Gasteiger partial charge in [0.2, 0.25) is 5.91 Å². The first kappa shape index (κ1) is 21.5. The minimum atomic E-state index is -0.453. The van der Waals surface area contributed by atoms with Gasteiger partial charge in [-0.05, 0) is 37.1 Å². The summed E-state index contributed by atoms with van der Waals surface area (Å²) in [6.45, 7) is 5.46. The highest BCUT2D eigenvalue weighted by atomic mass is 16.3. The summed E-state index contributed by atoms with van der Waals surface area (Å²) >= 11 is 0. The quantitative estimate of drug-likeness (QED) is 0.712. The predicted molar refractivity (Wildman–Crippen MR) is 119 cm³/mol. The molecule has 1 amide bonds. The van der Waals surface area contributed by atoms with E-state index in [9.17, 15) is 14.7 Å². The number of carbonyl (C=O) groups excluding carboxylic acids is 1. The zero-order valence-corrected chi connectivity index (χ0v) is 18.1. The molecule has 2 aliphatic heterocycles. The summed E-state index contributed by atoms with van der Waals surface area (Å²) in [5, 5.41) is 13.3. The lowest BCUT2D eigenvalue weighted by Gasteiger charge is -2.30. The summed E-state index contributed by atoms with van der Waals surface area (Å²) in [6, 6.07) is 7.17. The molecule has 1 saturated heterocycles.